The van der Waals surface area contributed by atoms with Gasteiger partial charge >= 0.3 is 0 Å². The van der Waals surface area contributed by atoms with Crippen molar-refractivity contribution in [3.8, 4) is 0 Å². The summed E-state index contributed by atoms with van der Waals surface area (Å²) in [5, 5.41) is 3.55. The van der Waals surface area contributed by atoms with E-state index in [1.54, 1.807) is 0 Å². The van der Waals surface area contributed by atoms with Crippen LogP contribution in [0.2, 0.25) is 0 Å². The lowest BCUT2D eigenvalue weighted by Crippen LogP contribution is -2.42. The molecule has 3 rings (SSSR count). The topological polar surface area (TPSA) is 38.3 Å². The van der Waals surface area contributed by atoms with Crippen molar-refractivity contribution >= 4 is 17.5 Å². The summed E-state index contributed by atoms with van der Waals surface area (Å²) < 4.78 is 6.02. The van der Waals surface area contributed by atoms with Gasteiger partial charge in [0.1, 0.15) is 5.78 Å². The Morgan fingerprint density at radius 1 is 1.35 bits per heavy atom. The Bertz CT molecular complexity index is 335. The number of nitrogens with one attached hydrogen (secondary N) is 1. The summed E-state index contributed by atoms with van der Waals surface area (Å²) in [6.45, 7) is 1.93. The summed E-state index contributed by atoms with van der Waals surface area (Å²) in [7, 11) is 0. The van der Waals surface area contributed by atoms with Crippen LogP contribution in [0.4, 0.5) is 0 Å². The van der Waals surface area contributed by atoms with E-state index in [2.05, 4.69) is 5.32 Å². The number of carbonyl (C=O) groups is 1. The molecule has 3 heterocycles. The van der Waals surface area contributed by atoms with Gasteiger partial charge in [-0.3, -0.25) is 4.79 Å². The van der Waals surface area contributed by atoms with Crippen LogP contribution in [0.15, 0.2) is 0 Å². The van der Waals surface area contributed by atoms with Crippen LogP contribution in [0.5, 0.6) is 0 Å². The molecule has 3 fully saturated rings. The van der Waals surface area contributed by atoms with E-state index in [0.717, 1.165) is 51.0 Å². The molecule has 0 aliphatic carbocycles. The molecule has 1 N–H and O–H groups in total. The fourth-order valence-electron chi connectivity index (χ4n) is 3.86. The molecule has 1 spiro atoms. The SMILES string of the molecule is O=C(CCC1CCCCN1)C1CCOC2(CCSC2)C1. The number of ketones is 1. The van der Waals surface area contributed by atoms with Crippen LogP contribution in [0.1, 0.15) is 51.4 Å². The van der Waals surface area contributed by atoms with E-state index < -0.39 is 0 Å². The fraction of sp³-hybridized carbons (Fsp3) is 0.938. The molecule has 0 radical (unpaired) electrons. The maximum absolute atomic E-state index is 12.5. The number of thioether (sulfide) groups is 1. The predicted octanol–water partition coefficient (Wildman–Crippen LogP) is 2.78. The lowest BCUT2D eigenvalue weighted by atomic mass is 9.81. The van der Waals surface area contributed by atoms with Gasteiger partial charge in [-0.2, -0.15) is 11.8 Å². The quantitative estimate of drug-likeness (QED) is 0.866. The van der Waals surface area contributed by atoms with E-state index in [4.69, 9.17) is 4.74 Å². The molecule has 0 bridgehead atoms. The van der Waals surface area contributed by atoms with Gasteiger partial charge in [0.25, 0.3) is 0 Å². The van der Waals surface area contributed by atoms with E-state index in [0.29, 0.717) is 11.8 Å². The molecule has 0 aromatic rings. The zero-order chi connectivity index (χ0) is 13.8. The van der Waals surface area contributed by atoms with Gasteiger partial charge in [0, 0.05) is 30.7 Å². The van der Waals surface area contributed by atoms with Gasteiger partial charge < -0.3 is 10.1 Å². The monoisotopic (exact) mass is 297 g/mol. The second kappa shape index (κ2) is 6.80. The second-order valence-corrected chi connectivity index (χ2v) is 7.78. The lowest BCUT2D eigenvalue weighted by Gasteiger charge is -2.37. The molecule has 0 saturated carbocycles. The Balaban J connectivity index is 1.46. The summed E-state index contributed by atoms with van der Waals surface area (Å²) in [6.07, 6.45) is 8.76. The lowest BCUT2D eigenvalue weighted by molar-refractivity contribution is -0.134. The van der Waals surface area contributed by atoms with Crippen molar-refractivity contribution < 1.29 is 9.53 Å². The zero-order valence-corrected chi connectivity index (χ0v) is 13.2. The van der Waals surface area contributed by atoms with Crippen molar-refractivity contribution in [1.29, 1.82) is 0 Å². The number of hydrogen-bond acceptors (Lipinski definition) is 4. The van der Waals surface area contributed by atoms with Crippen LogP contribution < -0.4 is 5.32 Å². The number of carbonyl (C=O) groups excluding carboxylic acids is 1. The van der Waals surface area contributed by atoms with Crippen molar-refractivity contribution in [2.75, 3.05) is 24.7 Å². The molecule has 3 unspecified atom stereocenters. The summed E-state index contributed by atoms with van der Waals surface area (Å²) in [5.41, 5.74) is 0.0479. The molecule has 0 aromatic heterocycles. The van der Waals surface area contributed by atoms with Crippen molar-refractivity contribution in [3.05, 3.63) is 0 Å². The third-order valence-electron chi connectivity index (χ3n) is 5.17. The molecule has 3 atom stereocenters. The average Bonchev–Trinajstić information content (AvgIpc) is 2.93. The minimum absolute atomic E-state index is 0.0479. The van der Waals surface area contributed by atoms with Crippen LogP contribution >= 0.6 is 11.8 Å². The highest BCUT2D eigenvalue weighted by Gasteiger charge is 2.42. The third-order valence-corrected chi connectivity index (χ3v) is 6.39. The number of piperidine rings is 1. The van der Waals surface area contributed by atoms with Gasteiger partial charge in [-0.25, -0.2) is 0 Å². The summed E-state index contributed by atoms with van der Waals surface area (Å²) in [6, 6.07) is 0.587. The number of Topliss-reactive ketones (excluding diaryl/α,β-unsaturated/α-hetero) is 1. The van der Waals surface area contributed by atoms with E-state index in [9.17, 15) is 4.79 Å². The van der Waals surface area contributed by atoms with Crippen molar-refractivity contribution in [2.45, 2.75) is 63.0 Å². The average molecular weight is 297 g/mol. The molecule has 114 valence electrons. The molecule has 3 saturated heterocycles. The summed E-state index contributed by atoms with van der Waals surface area (Å²) in [4.78, 5) is 12.5. The van der Waals surface area contributed by atoms with Gasteiger partial charge in [-0.05, 0) is 50.8 Å². The second-order valence-electron chi connectivity index (χ2n) is 6.68. The number of ether oxygens (including phenoxy) is 1. The van der Waals surface area contributed by atoms with Crippen LogP contribution in [0.3, 0.4) is 0 Å². The van der Waals surface area contributed by atoms with Crippen LogP contribution in [0.25, 0.3) is 0 Å². The van der Waals surface area contributed by atoms with Gasteiger partial charge in [-0.15, -0.1) is 0 Å². The largest absolute Gasteiger partial charge is 0.374 e. The van der Waals surface area contributed by atoms with Gasteiger partial charge in [0.05, 0.1) is 5.60 Å². The van der Waals surface area contributed by atoms with E-state index in [1.165, 1.54) is 25.0 Å². The Morgan fingerprint density at radius 3 is 3.05 bits per heavy atom. The highest BCUT2D eigenvalue weighted by molar-refractivity contribution is 7.99. The molecule has 3 nitrogen and oxygen atoms in total. The molecule has 3 aliphatic rings. The van der Waals surface area contributed by atoms with Gasteiger partial charge in [0.2, 0.25) is 0 Å². The van der Waals surface area contributed by atoms with Crippen molar-refractivity contribution in [3.63, 3.8) is 0 Å². The Labute approximate surface area is 126 Å². The molecular formula is C16H27NO2S. The minimum atomic E-state index is 0.0479. The fourth-order valence-corrected chi connectivity index (χ4v) is 5.24. The minimum Gasteiger partial charge on any atom is -0.374 e. The molecule has 0 aromatic carbocycles. The molecule has 20 heavy (non-hydrogen) atoms. The first-order chi connectivity index (χ1) is 9.77. The molecular weight excluding hydrogens is 270 g/mol. The Hall–Kier alpha value is -0.0600. The van der Waals surface area contributed by atoms with Crippen LogP contribution in [-0.2, 0) is 9.53 Å². The molecule has 0 amide bonds. The molecule has 4 heteroatoms. The number of hydrogen-bond donors (Lipinski definition) is 1. The smallest absolute Gasteiger partial charge is 0.136 e. The summed E-state index contributed by atoms with van der Waals surface area (Å²) in [5.74, 6) is 3.07. The van der Waals surface area contributed by atoms with Gasteiger partial charge in [-0.1, -0.05) is 6.42 Å². The number of rotatable bonds is 4. The Kier molecular flexibility index (Phi) is 5.05. The molecule has 3 aliphatic heterocycles. The van der Waals surface area contributed by atoms with E-state index in [-0.39, 0.29) is 11.5 Å². The highest BCUT2D eigenvalue weighted by Crippen LogP contribution is 2.40. The standard InChI is InChI=1S/C16H27NO2S/c18-15(5-4-14-3-1-2-8-17-14)13-6-9-19-16(11-13)7-10-20-12-16/h13-14,17H,1-12H2. The third kappa shape index (κ3) is 3.58. The van der Waals surface area contributed by atoms with Crippen LogP contribution in [0, 0.1) is 5.92 Å². The maximum atomic E-state index is 12.5. The van der Waals surface area contributed by atoms with Crippen LogP contribution in [-0.4, -0.2) is 42.1 Å². The zero-order valence-electron chi connectivity index (χ0n) is 12.4. The predicted molar refractivity (Wildman–Crippen MR) is 83.2 cm³/mol. The Morgan fingerprint density at radius 2 is 2.30 bits per heavy atom. The first kappa shape index (κ1) is 14.9. The maximum Gasteiger partial charge on any atom is 0.136 e. The van der Waals surface area contributed by atoms with Crippen molar-refractivity contribution in [2.24, 2.45) is 5.92 Å². The van der Waals surface area contributed by atoms with Gasteiger partial charge in [0.15, 0.2) is 0 Å². The van der Waals surface area contributed by atoms with E-state index >= 15 is 0 Å². The highest BCUT2D eigenvalue weighted by atomic mass is 32.2. The normalized spacial score (nSPS) is 38.2. The summed E-state index contributed by atoms with van der Waals surface area (Å²) >= 11 is 1.98. The van der Waals surface area contributed by atoms with E-state index in [1.807, 2.05) is 11.8 Å². The van der Waals surface area contributed by atoms with Crippen molar-refractivity contribution in [1.82, 2.24) is 5.32 Å². The first-order valence-corrected chi connectivity index (χ1v) is 9.41. The first-order valence-electron chi connectivity index (χ1n) is 8.25.